The van der Waals surface area contributed by atoms with Gasteiger partial charge in [-0.3, -0.25) is 9.69 Å². The molecule has 1 aliphatic heterocycles. The van der Waals surface area contributed by atoms with E-state index >= 15 is 0 Å². The highest BCUT2D eigenvalue weighted by Gasteiger charge is 2.26. The molecular weight excluding hydrogens is 376 g/mol. The number of ether oxygens (including phenoxy) is 1. The van der Waals surface area contributed by atoms with E-state index < -0.39 is 0 Å². The van der Waals surface area contributed by atoms with E-state index in [4.69, 9.17) is 4.74 Å². The highest BCUT2D eigenvalue weighted by molar-refractivity contribution is 5.94. The van der Waals surface area contributed by atoms with Crippen molar-refractivity contribution >= 4 is 5.91 Å². The Morgan fingerprint density at radius 1 is 0.967 bits per heavy atom. The molecule has 3 aromatic rings. The van der Waals surface area contributed by atoms with E-state index in [0.717, 1.165) is 48.9 Å². The number of H-pyrrole nitrogens is 1. The molecule has 4 rings (SSSR count). The number of para-hydroxylation sites is 1. The van der Waals surface area contributed by atoms with Crippen LogP contribution in [0, 0.1) is 6.92 Å². The molecule has 0 radical (unpaired) electrons. The van der Waals surface area contributed by atoms with Crippen molar-refractivity contribution in [3.8, 4) is 22.9 Å². The summed E-state index contributed by atoms with van der Waals surface area (Å²) in [6.45, 7) is 9.58. The van der Waals surface area contributed by atoms with Gasteiger partial charge in [0.05, 0.1) is 0 Å². The Morgan fingerprint density at radius 3 is 2.23 bits per heavy atom. The number of carbonyl (C=O) groups is 1. The molecule has 156 valence electrons. The highest BCUT2D eigenvalue weighted by Crippen LogP contribution is 2.25. The minimum Gasteiger partial charge on any atom is -0.457 e. The number of hydrogen-bond donors (Lipinski definition) is 1. The summed E-state index contributed by atoms with van der Waals surface area (Å²) >= 11 is 0. The summed E-state index contributed by atoms with van der Waals surface area (Å²) in [5.74, 6) is 2.25. The molecule has 2 aromatic carbocycles. The van der Waals surface area contributed by atoms with Crippen molar-refractivity contribution in [1.82, 2.24) is 19.8 Å². The number of nitrogens with one attached hydrogen (secondary N) is 1. The van der Waals surface area contributed by atoms with Crippen molar-refractivity contribution in [3.63, 3.8) is 0 Å². The first kappa shape index (κ1) is 20.2. The number of carbonyl (C=O) groups excluding carboxylic acids is 1. The Kier molecular flexibility index (Phi) is 5.86. The van der Waals surface area contributed by atoms with Crippen LogP contribution in [0.2, 0.25) is 0 Å². The Morgan fingerprint density at radius 2 is 1.60 bits per heavy atom. The van der Waals surface area contributed by atoms with Gasteiger partial charge in [0.25, 0.3) is 5.91 Å². The maximum atomic E-state index is 13.0. The number of amides is 1. The predicted octanol–water partition coefficient (Wildman–Crippen LogP) is 4.34. The van der Waals surface area contributed by atoms with Gasteiger partial charge in [0.15, 0.2) is 0 Å². The fourth-order valence-corrected chi connectivity index (χ4v) is 3.70. The number of aryl methyl sites for hydroxylation is 1. The van der Waals surface area contributed by atoms with E-state index in [1.165, 1.54) is 0 Å². The molecule has 1 amide bonds. The lowest BCUT2D eigenvalue weighted by Crippen LogP contribution is -2.50. The Labute approximate surface area is 177 Å². The summed E-state index contributed by atoms with van der Waals surface area (Å²) < 4.78 is 5.85. The van der Waals surface area contributed by atoms with E-state index in [2.05, 4.69) is 28.7 Å². The van der Waals surface area contributed by atoms with Gasteiger partial charge in [-0.15, -0.1) is 0 Å². The number of aromatic nitrogens is 2. The third-order valence-electron chi connectivity index (χ3n) is 5.53. The molecule has 1 saturated heterocycles. The van der Waals surface area contributed by atoms with Crippen molar-refractivity contribution in [2.75, 3.05) is 26.2 Å². The number of benzene rings is 2. The Bertz CT molecular complexity index is 988. The first-order valence-electron chi connectivity index (χ1n) is 10.4. The summed E-state index contributed by atoms with van der Waals surface area (Å²) in [6.07, 6.45) is 0. The standard InChI is InChI=1S/C24H28N4O2/c1-17(2)27-13-15-28(16-14-27)24(29)22-18(3)25-23(26-22)19-9-11-21(12-10-19)30-20-7-5-4-6-8-20/h4-12,17H,13-16H2,1-3H3,(H,25,26). The average Bonchev–Trinajstić information content (AvgIpc) is 3.16. The second-order valence-electron chi connectivity index (χ2n) is 7.92. The van der Waals surface area contributed by atoms with Crippen LogP contribution in [0.3, 0.4) is 0 Å². The van der Waals surface area contributed by atoms with Crippen LogP contribution in [0.4, 0.5) is 0 Å². The summed E-state index contributed by atoms with van der Waals surface area (Å²) in [4.78, 5) is 25.2. The third-order valence-corrected chi connectivity index (χ3v) is 5.53. The first-order valence-corrected chi connectivity index (χ1v) is 10.4. The zero-order valence-electron chi connectivity index (χ0n) is 17.8. The number of aromatic amines is 1. The molecule has 0 spiro atoms. The number of hydrogen-bond acceptors (Lipinski definition) is 4. The number of rotatable bonds is 5. The number of imidazole rings is 1. The van der Waals surface area contributed by atoms with Crippen molar-refractivity contribution in [3.05, 3.63) is 66.0 Å². The zero-order valence-corrected chi connectivity index (χ0v) is 17.8. The summed E-state index contributed by atoms with van der Waals surface area (Å²) in [6, 6.07) is 17.9. The molecule has 1 aliphatic rings. The van der Waals surface area contributed by atoms with Crippen LogP contribution in [-0.4, -0.2) is 57.9 Å². The molecule has 0 saturated carbocycles. The molecule has 1 N–H and O–H groups in total. The van der Waals surface area contributed by atoms with Crippen LogP contribution in [-0.2, 0) is 0 Å². The van der Waals surface area contributed by atoms with Crippen molar-refractivity contribution in [2.45, 2.75) is 26.8 Å². The monoisotopic (exact) mass is 404 g/mol. The quantitative estimate of drug-likeness (QED) is 0.687. The predicted molar refractivity (Wildman–Crippen MR) is 118 cm³/mol. The molecule has 0 bridgehead atoms. The molecule has 0 aliphatic carbocycles. The van der Waals surface area contributed by atoms with Gasteiger partial charge in [-0.1, -0.05) is 18.2 Å². The van der Waals surface area contributed by atoms with Crippen LogP contribution in [0.5, 0.6) is 11.5 Å². The minimum absolute atomic E-state index is 0.00226. The van der Waals surface area contributed by atoms with Gasteiger partial charge in [0.2, 0.25) is 0 Å². The van der Waals surface area contributed by atoms with E-state index in [0.29, 0.717) is 17.6 Å². The lowest BCUT2D eigenvalue weighted by molar-refractivity contribution is 0.0590. The van der Waals surface area contributed by atoms with Crippen LogP contribution in [0.25, 0.3) is 11.4 Å². The molecule has 0 atom stereocenters. The second-order valence-corrected chi connectivity index (χ2v) is 7.92. The summed E-state index contributed by atoms with van der Waals surface area (Å²) in [5, 5.41) is 0. The van der Waals surface area contributed by atoms with Crippen LogP contribution < -0.4 is 4.74 Å². The average molecular weight is 405 g/mol. The minimum atomic E-state index is 0.00226. The van der Waals surface area contributed by atoms with Crippen molar-refractivity contribution < 1.29 is 9.53 Å². The zero-order chi connectivity index (χ0) is 21.1. The van der Waals surface area contributed by atoms with Crippen LogP contribution >= 0.6 is 0 Å². The Balaban J connectivity index is 1.45. The van der Waals surface area contributed by atoms with Gasteiger partial charge in [0.1, 0.15) is 23.0 Å². The summed E-state index contributed by atoms with van der Waals surface area (Å²) in [5.41, 5.74) is 2.22. The topological polar surface area (TPSA) is 61.5 Å². The molecule has 2 heterocycles. The van der Waals surface area contributed by atoms with E-state index in [9.17, 15) is 4.79 Å². The molecule has 30 heavy (non-hydrogen) atoms. The SMILES string of the molecule is Cc1[nH]c(-c2ccc(Oc3ccccc3)cc2)nc1C(=O)N1CCN(C(C)C)CC1. The maximum Gasteiger partial charge on any atom is 0.274 e. The molecule has 1 fully saturated rings. The van der Waals surface area contributed by atoms with E-state index in [-0.39, 0.29) is 5.91 Å². The lowest BCUT2D eigenvalue weighted by Gasteiger charge is -2.36. The van der Waals surface area contributed by atoms with Gasteiger partial charge in [0, 0.05) is 43.5 Å². The smallest absolute Gasteiger partial charge is 0.274 e. The van der Waals surface area contributed by atoms with Crippen LogP contribution in [0.1, 0.15) is 30.0 Å². The summed E-state index contributed by atoms with van der Waals surface area (Å²) in [7, 11) is 0. The Hall–Kier alpha value is -3.12. The van der Waals surface area contributed by atoms with E-state index in [1.54, 1.807) is 0 Å². The van der Waals surface area contributed by atoms with Crippen molar-refractivity contribution in [1.29, 1.82) is 0 Å². The number of nitrogens with zero attached hydrogens (tertiary/aromatic N) is 3. The second kappa shape index (κ2) is 8.71. The number of piperazine rings is 1. The van der Waals surface area contributed by atoms with Gasteiger partial charge >= 0.3 is 0 Å². The lowest BCUT2D eigenvalue weighted by atomic mass is 10.2. The largest absolute Gasteiger partial charge is 0.457 e. The molecule has 0 unspecified atom stereocenters. The van der Waals surface area contributed by atoms with Gasteiger partial charge in [-0.2, -0.15) is 0 Å². The first-order chi connectivity index (χ1) is 14.5. The highest BCUT2D eigenvalue weighted by atomic mass is 16.5. The fraction of sp³-hybridized carbons (Fsp3) is 0.333. The third kappa shape index (κ3) is 4.39. The normalized spacial score (nSPS) is 14.9. The van der Waals surface area contributed by atoms with Crippen molar-refractivity contribution in [2.24, 2.45) is 0 Å². The molecule has 6 heteroatoms. The fourth-order valence-electron chi connectivity index (χ4n) is 3.70. The molecule has 6 nitrogen and oxygen atoms in total. The maximum absolute atomic E-state index is 13.0. The van der Waals surface area contributed by atoms with E-state index in [1.807, 2.05) is 66.4 Å². The molecule has 1 aromatic heterocycles. The molecular formula is C24H28N4O2. The van der Waals surface area contributed by atoms with Gasteiger partial charge in [-0.25, -0.2) is 4.98 Å². The van der Waals surface area contributed by atoms with Gasteiger partial charge < -0.3 is 14.6 Å². The van der Waals surface area contributed by atoms with Gasteiger partial charge in [-0.05, 0) is 57.2 Å². The van der Waals surface area contributed by atoms with Crippen LogP contribution in [0.15, 0.2) is 54.6 Å².